The SMILES string of the molecule is CC(Cl)c1nc2cc(F)c(Cl)cc2n1CCC1CC1. The third-order valence-corrected chi connectivity index (χ3v) is 4.12. The number of halogens is 3. The fourth-order valence-electron chi connectivity index (χ4n) is 2.40. The van der Waals surface area contributed by atoms with E-state index in [0.717, 1.165) is 30.2 Å². The number of hydrogen-bond donors (Lipinski definition) is 0. The Labute approximate surface area is 121 Å². The predicted octanol–water partition coefficient (Wildman–Crippen LogP) is 4.93. The molecular formula is C14H15Cl2FN2. The Kier molecular flexibility index (Phi) is 3.44. The van der Waals surface area contributed by atoms with Crippen LogP contribution in [0.4, 0.5) is 4.39 Å². The second-order valence-electron chi connectivity index (χ2n) is 5.22. The van der Waals surface area contributed by atoms with E-state index < -0.39 is 5.82 Å². The molecule has 19 heavy (non-hydrogen) atoms. The van der Waals surface area contributed by atoms with E-state index in [0.29, 0.717) is 5.52 Å². The molecule has 0 spiro atoms. The summed E-state index contributed by atoms with van der Waals surface area (Å²) < 4.78 is 15.6. The number of fused-ring (bicyclic) bond motifs is 1. The van der Waals surface area contributed by atoms with E-state index in [9.17, 15) is 4.39 Å². The van der Waals surface area contributed by atoms with Gasteiger partial charge in [0, 0.05) is 12.6 Å². The highest BCUT2D eigenvalue weighted by atomic mass is 35.5. The molecule has 0 saturated heterocycles. The van der Waals surface area contributed by atoms with E-state index in [2.05, 4.69) is 9.55 Å². The Bertz CT molecular complexity index is 617. The Hall–Kier alpha value is -0.800. The van der Waals surface area contributed by atoms with Crippen molar-refractivity contribution in [2.24, 2.45) is 5.92 Å². The predicted molar refractivity (Wildman–Crippen MR) is 76.3 cm³/mol. The standard InChI is InChI=1S/C14H15Cl2FN2/c1-8(15)14-18-12-7-11(17)10(16)6-13(12)19(14)5-4-9-2-3-9/h6-9H,2-5H2,1H3. The van der Waals surface area contributed by atoms with Gasteiger partial charge in [-0.1, -0.05) is 24.4 Å². The van der Waals surface area contributed by atoms with Gasteiger partial charge in [-0.2, -0.15) is 0 Å². The van der Waals surface area contributed by atoms with Crippen molar-refractivity contribution in [2.45, 2.75) is 38.1 Å². The molecule has 1 unspecified atom stereocenters. The molecule has 1 heterocycles. The molecule has 0 aliphatic heterocycles. The van der Waals surface area contributed by atoms with Gasteiger partial charge in [0.05, 0.1) is 21.4 Å². The number of hydrogen-bond acceptors (Lipinski definition) is 1. The van der Waals surface area contributed by atoms with Crippen molar-refractivity contribution in [3.63, 3.8) is 0 Å². The second kappa shape index (κ2) is 4.95. The zero-order valence-electron chi connectivity index (χ0n) is 10.7. The highest BCUT2D eigenvalue weighted by Gasteiger charge is 2.23. The molecule has 1 aromatic carbocycles. The summed E-state index contributed by atoms with van der Waals surface area (Å²) in [6, 6.07) is 3.03. The van der Waals surface area contributed by atoms with Crippen molar-refractivity contribution in [1.82, 2.24) is 9.55 Å². The molecule has 2 aromatic rings. The van der Waals surface area contributed by atoms with E-state index in [-0.39, 0.29) is 10.4 Å². The first-order valence-corrected chi connectivity index (χ1v) is 7.37. The number of imidazole rings is 1. The molecule has 1 fully saturated rings. The fraction of sp³-hybridized carbons (Fsp3) is 0.500. The first-order valence-electron chi connectivity index (χ1n) is 6.55. The molecule has 5 heteroatoms. The third kappa shape index (κ3) is 2.59. The summed E-state index contributed by atoms with van der Waals surface area (Å²) in [6.07, 6.45) is 3.75. The average Bonchev–Trinajstić information content (AvgIpc) is 3.11. The number of nitrogens with zero attached hydrogens (tertiary/aromatic N) is 2. The first-order chi connectivity index (χ1) is 9.06. The van der Waals surface area contributed by atoms with Crippen LogP contribution in [0.5, 0.6) is 0 Å². The Morgan fingerprint density at radius 2 is 2.21 bits per heavy atom. The van der Waals surface area contributed by atoms with Crippen LogP contribution in [0.25, 0.3) is 11.0 Å². The first kappa shape index (κ1) is 13.2. The van der Waals surface area contributed by atoms with Gasteiger partial charge >= 0.3 is 0 Å². The molecule has 0 N–H and O–H groups in total. The van der Waals surface area contributed by atoms with E-state index in [1.807, 2.05) is 6.92 Å². The van der Waals surface area contributed by atoms with Crippen molar-refractivity contribution in [3.05, 3.63) is 28.8 Å². The van der Waals surface area contributed by atoms with Crippen molar-refractivity contribution in [1.29, 1.82) is 0 Å². The van der Waals surface area contributed by atoms with Gasteiger partial charge in [0.25, 0.3) is 0 Å². The maximum absolute atomic E-state index is 13.5. The lowest BCUT2D eigenvalue weighted by molar-refractivity contribution is 0.585. The van der Waals surface area contributed by atoms with Crippen LogP contribution in [-0.4, -0.2) is 9.55 Å². The van der Waals surface area contributed by atoms with Gasteiger partial charge in [0.2, 0.25) is 0 Å². The van der Waals surface area contributed by atoms with E-state index in [1.54, 1.807) is 6.07 Å². The monoisotopic (exact) mass is 300 g/mol. The molecule has 1 aromatic heterocycles. The topological polar surface area (TPSA) is 17.8 Å². The molecule has 3 rings (SSSR count). The normalized spacial score (nSPS) is 17.1. The molecule has 2 nitrogen and oxygen atoms in total. The largest absolute Gasteiger partial charge is 0.327 e. The fourth-order valence-corrected chi connectivity index (χ4v) is 2.72. The van der Waals surface area contributed by atoms with Gasteiger partial charge in [-0.05, 0) is 25.3 Å². The number of benzene rings is 1. The van der Waals surface area contributed by atoms with Crippen molar-refractivity contribution in [3.8, 4) is 0 Å². The maximum atomic E-state index is 13.5. The summed E-state index contributed by atoms with van der Waals surface area (Å²) in [5, 5.41) is -0.0673. The van der Waals surface area contributed by atoms with Crippen molar-refractivity contribution < 1.29 is 4.39 Å². The lowest BCUT2D eigenvalue weighted by Crippen LogP contribution is -2.05. The Morgan fingerprint density at radius 3 is 2.84 bits per heavy atom. The molecule has 1 aliphatic carbocycles. The van der Waals surface area contributed by atoms with E-state index in [4.69, 9.17) is 23.2 Å². The highest BCUT2D eigenvalue weighted by molar-refractivity contribution is 6.31. The molecule has 1 saturated carbocycles. The van der Waals surface area contributed by atoms with Gasteiger partial charge in [-0.15, -0.1) is 11.6 Å². The van der Waals surface area contributed by atoms with Crippen LogP contribution < -0.4 is 0 Å². The maximum Gasteiger partial charge on any atom is 0.144 e. The molecule has 0 bridgehead atoms. The summed E-state index contributed by atoms with van der Waals surface area (Å²) in [5.74, 6) is 1.18. The lowest BCUT2D eigenvalue weighted by Gasteiger charge is -2.10. The molecule has 1 atom stereocenters. The van der Waals surface area contributed by atoms with Gasteiger partial charge in [-0.25, -0.2) is 9.37 Å². The minimum Gasteiger partial charge on any atom is -0.327 e. The summed E-state index contributed by atoms with van der Waals surface area (Å²) in [6.45, 7) is 2.75. The summed E-state index contributed by atoms with van der Waals surface area (Å²) in [5.41, 5.74) is 1.50. The van der Waals surface area contributed by atoms with Crippen LogP contribution >= 0.6 is 23.2 Å². The zero-order chi connectivity index (χ0) is 13.6. The molecular weight excluding hydrogens is 286 g/mol. The van der Waals surface area contributed by atoms with Crippen LogP contribution in [0.15, 0.2) is 12.1 Å². The Morgan fingerprint density at radius 1 is 1.47 bits per heavy atom. The van der Waals surface area contributed by atoms with Crippen LogP contribution in [0.1, 0.15) is 37.4 Å². The van der Waals surface area contributed by atoms with E-state index >= 15 is 0 Å². The number of aryl methyl sites for hydroxylation is 1. The average molecular weight is 301 g/mol. The molecule has 102 valence electrons. The minimum absolute atomic E-state index is 0.133. The van der Waals surface area contributed by atoms with Gasteiger partial charge in [-0.3, -0.25) is 0 Å². The molecule has 1 aliphatic rings. The van der Waals surface area contributed by atoms with Crippen LogP contribution in [0.2, 0.25) is 5.02 Å². The van der Waals surface area contributed by atoms with Crippen molar-refractivity contribution >= 4 is 34.2 Å². The lowest BCUT2D eigenvalue weighted by atomic mass is 10.2. The van der Waals surface area contributed by atoms with Gasteiger partial charge < -0.3 is 4.57 Å². The second-order valence-corrected chi connectivity index (χ2v) is 6.29. The van der Waals surface area contributed by atoms with Crippen molar-refractivity contribution in [2.75, 3.05) is 0 Å². The van der Waals surface area contributed by atoms with E-state index in [1.165, 1.54) is 18.9 Å². The summed E-state index contributed by atoms with van der Waals surface area (Å²) in [7, 11) is 0. The Balaban J connectivity index is 2.07. The van der Waals surface area contributed by atoms with Crippen LogP contribution in [0, 0.1) is 11.7 Å². The summed E-state index contributed by atoms with van der Waals surface area (Å²) in [4.78, 5) is 4.44. The summed E-state index contributed by atoms with van der Waals surface area (Å²) >= 11 is 12.1. The number of alkyl halides is 1. The quantitative estimate of drug-likeness (QED) is 0.732. The minimum atomic E-state index is -0.435. The van der Waals surface area contributed by atoms with Crippen LogP contribution in [0.3, 0.4) is 0 Å². The van der Waals surface area contributed by atoms with Gasteiger partial charge in [0.15, 0.2) is 0 Å². The smallest absolute Gasteiger partial charge is 0.144 e. The molecule has 0 radical (unpaired) electrons. The number of aromatic nitrogens is 2. The third-order valence-electron chi connectivity index (χ3n) is 3.63. The number of rotatable bonds is 4. The molecule has 0 amide bonds. The highest BCUT2D eigenvalue weighted by Crippen LogP contribution is 2.34. The van der Waals surface area contributed by atoms with Crippen LogP contribution in [-0.2, 0) is 6.54 Å². The zero-order valence-corrected chi connectivity index (χ0v) is 12.2. The van der Waals surface area contributed by atoms with Gasteiger partial charge in [0.1, 0.15) is 11.6 Å².